The SMILES string of the molecule is Cc1ccc([N+](=O)[O-])c(OCC(CS)c2ccccc2)c1. The molecule has 4 nitrogen and oxygen atoms in total. The van der Waals surface area contributed by atoms with Crippen LogP contribution in [0.25, 0.3) is 0 Å². The van der Waals surface area contributed by atoms with Gasteiger partial charge in [0.15, 0.2) is 5.75 Å². The van der Waals surface area contributed by atoms with Crippen molar-refractivity contribution < 1.29 is 9.66 Å². The first kappa shape index (κ1) is 15.4. The summed E-state index contributed by atoms with van der Waals surface area (Å²) in [6.45, 7) is 2.24. The van der Waals surface area contributed by atoms with Crippen LogP contribution in [0.5, 0.6) is 5.75 Å². The zero-order chi connectivity index (χ0) is 15.2. The van der Waals surface area contributed by atoms with Crippen LogP contribution in [0.15, 0.2) is 48.5 Å². The normalized spacial score (nSPS) is 11.9. The van der Waals surface area contributed by atoms with E-state index in [0.29, 0.717) is 18.1 Å². The largest absolute Gasteiger partial charge is 0.486 e. The summed E-state index contributed by atoms with van der Waals surface area (Å²) in [4.78, 5) is 10.6. The summed E-state index contributed by atoms with van der Waals surface area (Å²) in [6.07, 6.45) is 0. The minimum atomic E-state index is -0.424. The predicted octanol–water partition coefficient (Wildman–Crippen LogP) is 4.00. The molecule has 1 unspecified atom stereocenters. The first-order valence-electron chi connectivity index (χ1n) is 6.65. The Kier molecular flexibility index (Phi) is 5.22. The lowest BCUT2D eigenvalue weighted by Gasteiger charge is -2.16. The molecule has 0 heterocycles. The molecule has 0 aliphatic carbocycles. The maximum Gasteiger partial charge on any atom is 0.310 e. The van der Waals surface area contributed by atoms with E-state index in [4.69, 9.17) is 4.74 Å². The van der Waals surface area contributed by atoms with Crippen molar-refractivity contribution in [1.29, 1.82) is 0 Å². The fraction of sp³-hybridized carbons (Fsp3) is 0.250. The lowest BCUT2D eigenvalue weighted by molar-refractivity contribution is -0.385. The van der Waals surface area contributed by atoms with Crippen LogP contribution in [0.3, 0.4) is 0 Å². The van der Waals surface area contributed by atoms with Gasteiger partial charge in [0.05, 0.1) is 11.5 Å². The summed E-state index contributed by atoms with van der Waals surface area (Å²) in [7, 11) is 0. The molecule has 21 heavy (non-hydrogen) atoms. The number of hydrogen-bond donors (Lipinski definition) is 1. The molecular weight excluding hydrogens is 286 g/mol. The third-order valence-electron chi connectivity index (χ3n) is 3.24. The number of hydrogen-bond acceptors (Lipinski definition) is 4. The highest BCUT2D eigenvalue weighted by molar-refractivity contribution is 7.80. The molecule has 0 N–H and O–H groups in total. The van der Waals surface area contributed by atoms with Gasteiger partial charge >= 0.3 is 5.69 Å². The van der Waals surface area contributed by atoms with E-state index in [1.807, 2.05) is 37.3 Å². The van der Waals surface area contributed by atoms with Crippen LogP contribution >= 0.6 is 12.6 Å². The molecule has 110 valence electrons. The van der Waals surface area contributed by atoms with Gasteiger partial charge in [0.2, 0.25) is 0 Å². The van der Waals surface area contributed by atoms with Crippen LogP contribution in [-0.2, 0) is 0 Å². The number of ether oxygens (including phenoxy) is 1. The Balaban J connectivity index is 2.15. The molecule has 0 saturated heterocycles. The summed E-state index contributed by atoms with van der Waals surface area (Å²) in [5.41, 5.74) is 2.03. The summed E-state index contributed by atoms with van der Waals surface area (Å²) in [5, 5.41) is 11.0. The van der Waals surface area contributed by atoms with Crippen molar-refractivity contribution in [2.75, 3.05) is 12.4 Å². The van der Waals surface area contributed by atoms with Crippen molar-refractivity contribution in [3.8, 4) is 5.75 Å². The van der Waals surface area contributed by atoms with Crippen molar-refractivity contribution in [3.05, 3.63) is 69.8 Å². The van der Waals surface area contributed by atoms with E-state index in [-0.39, 0.29) is 11.6 Å². The minimum absolute atomic E-state index is 0.00780. The van der Waals surface area contributed by atoms with Crippen molar-refractivity contribution in [2.24, 2.45) is 0 Å². The molecule has 0 aromatic heterocycles. The molecule has 2 rings (SSSR count). The Morgan fingerprint density at radius 1 is 1.24 bits per heavy atom. The van der Waals surface area contributed by atoms with Gasteiger partial charge in [0, 0.05) is 17.7 Å². The fourth-order valence-electron chi connectivity index (χ4n) is 2.06. The van der Waals surface area contributed by atoms with E-state index in [1.54, 1.807) is 12.1 Å². The number of nitro benzene ring substituents is 1. The molecule has 0 radical (unpaired) electrons. The van der Waals surface area contributed by atoms with Gasteiger partial charge in [-0.3, -0.25) is 10.1 Å². The molecule has 5 heteroatoms. The van der Waals surface area contributed by atoms with E-state index in [1.165, 1.54) is 6.07 Å². The monoisotopic (exact) mass is 303 g/mol. The van der Waals surface area contributed by atoms with Crippen molar-refractivity contribution in [3.63, 3.8) is 0 Å². The first-order chi connectivity index (χ1) is 10.1. The third kappa shape index (κ3) is 3.98. The van der Waals surface area contributed by atoms with Crippen LogP contribution < -0.4 is 4.74 Å². The zero-order valence-corrected chi connectivity index (χ0v) is 12.6. The van der Waals surface area contributed by atoms with Gasteiger partial charge in [-0.05, 0) is 24.1 Å². The smallest absolute Gasteiger partial charge is 0.310 e. The Morgan fingerprint density at radius 2 is 1.95 bits per heavy atom. The Hall–Kier alpha value is -2.01. The average Bonchev–Trinajstić information content (AvgIpc) is 2.48. The molecule has 0 saturated carbocycles. The molecule has 0 aliphatic rings. The molecule has 0 spiro atoms. The van der Waals surface area contributed by atoms with Crippen LogP contribution in [0, 0.1) is 17.0 Å². The Morgan fingerprint density at radius 3 is 2.57 bits per heavy atom. The van der Waals surface area contributed by atoms with Crippen molar-refractivity contribution in [2.45, 2.75) is 12.8 Å². The quantitative estimate of drug-likeness (QED) is 0.498. The average molecular weight is 303 g/mol. The van der Waals surface area contributed by atoms with E-state index in [2.05, 4.69) is 12.6 Å². The summed E-state index contributed by atoms with van der Waals surface area (Å²) < 4.78 is 5.70. The summed E-state index contributed by atoms with van der Waals surface area (Å²) in [6, 6.07) is 14.8. The van der Waals surface area contributed by atoms with Crippen molar-refractivity contribution >= 4 is 18.3 Å². The second-order valence-corrected chi connectivity index (χ2v) is 5.19. The van der Waals surface area contributed by atoms with Gasteiger partial charge in [-0.25, -0.2) is 0 Å². The van der Waals surface area contributed by atoms with Gasteiger partial charge in [0.1, 0.15) is 0 Å². The second-order valence-electron chi connectivity index (χ2n) is 4.83. The Labute approximate surface area is 129 Å². The standard InChI is InChI=1S/C16H17NO3S/c1-12-7-8-15(17(18)19)16(9-12)20-10-14(11-21)13-5-3-2-4-6-13/h2-9,14,21H,10-11H2,1H3. The van der Waals surface area contributed by atoms with Crippen LogP contribution in [0.4, 0.5) is 5.69 Å². The third-order valence-corrected chi connectivity index (χ3v) is 3.68. The van der Waals surface area contributed by atoms with Gasteiger partial charge in [-0.1, -0.05) is 36.4 Å². The summed E-state index contributed by atoms with van der Waals surface area (Å²) >= 11 is 4.35. The first-order valence-corrected chi connectivity index (χ1v) is 7.28. The number of aryl methyl sites for hydroxylation is 1. The number of nitro groups is 1. The van der Waals surface area contributed by atoms with Crippen LogP contribution in [-0.4, -0.2) is 17.3 Å². The number of nitrogens with zero attached hydrogens (tertiary/aromatic N) is 1. The van der Waals surface area contributed by atoms with E-state index in [9.17, 15) is 10.1 Å². The highest BCUT2D eigenvalue weighted by atomic mass is 32.1. The molecule has 2 aromatic rings. The molecular formula is C16H17NO3S. The number of rotatable bonds is 6. The zero-order valence-electron chi connectivity index (χ0n) is 11.7. The number of thiol groups is 1. The second kappa shape index (κ2) is 7.13. The molecule has 0 aliphatic heterocycles. The molecule has 0 bridgehead atoms. The summed E-state index contributed by atoms with van der Waals surface area (Å²) in [5.74, 6) is 1.02. The minimum Gasteiger partial charge on any atom is -0.486 e. The predicted molar refractivity (Wildman–Crippen MR) is 86.4 cm³/mol. The van der Waals surface area contributed by atoms with Crippen LogP contribution in [0.2, 0.25) is 0 Å². The van der Waals surface area contributed by atoms with Gasteiger partial charge in [0.25, 0.3) is 0 Å². The van der Waals surface area contributed by atoms with Gasteiger partial charge in [-0.15, -0.1) is 0 Å². The van der Waals surface area contributed by atoms with Crippen molar-refractivity contribution in [1.82, 2.24) is 0 Å². The lowest BCUT2D eigenvalue weighted by Crippen LogP contribution is -2.12. The van der Waals surface area contributed by atoms with E-state index < -0.39 is 4.92 Å². The van der Waals surface area contributed by atoms with E-state index >= 15 is 0 Å². The highest BCUT2D eigenvalue weighted by Crippen LogP contribution is 2.29. The molecule has 0 amide bonds. The topological polar surface area (TPSA) is 52.4 Å². The maximum absolute atomic E-state index is 11.0. The molecule has 0 fully saturated rings. The maximum atomic E-state index is 11.0. The lowest BCUT2D eigenvalue weighted by atomic mass is 10.0. The van der Waals surface area contributed by atoms with Gasteiger partial charge < -0.3 is 4.74 Å². The molecule has 1 atom stereocenters. The number of benzene rings is 2. The highest BCUT2D eigenvalue weighted by Gasteiger charge is 2.17. The van der Waals surface area contributed by atoms with Gasteiger partial charge in [-0.2, -0.15) is 12.6 Å². The Bertz CT molecular complexity index is 616. The molecule has 2 aromatic carbocycles. The van der Waals surface area contributed by atoms with Crippen LogP contribution in [0.1, 0.15) is 17.0 Å². The fourth-order valence-corrected chi connectivity index (χ4v) is 2.37. The van der Waals surface area contributed by atoms with E-state index in [0.717, 1.165) is 11.1 Å².